The number of hydrogen-bond acceptors (Lipinski definition) is 1. The van der Waals surface area contributed by atoms with Crippen molar-refractivity contribution < 1.29 is 0 Å². The van der Waals surface area contributed by atoms with Crippen LogP contribution in [-0.2, 0) is 17.9 Å². The van der Waals surface area contributed by atoms with E-state index in [0.29, 0.717) is 0 Å². The minimum atomic E-state index is -0.129. The Morgan fingerprint density at radius 3 is 1.98 bits per heavy atom. The summed E-state index contributed by atoms with van der Waals surface area (Å²) in [4.78, 5) is 2.46. The van der Waals surface area contributed by atoms with Crippen molar-refractivity contribution in [2.45, 2.75) is 52.4 Å². The van der Waals surface area contributed by atoms with Crippen molar-refractivity contribution in [2.75, 3.05) is 4.90 Å². The Morgan fingerprint density at radius 2 is 1.22 bits per heavy atom. The molecule has 0 radical (unpaired) electrons. The normalized spacial score (nSPS) is 14.4. The number of benzene rings is 5. The zero-order chi connectivity index (χ0) is 28.7. The van der Waals surface area contributed by atoms with Gasteiger partial charge in [-0.2, -0.15) is 0 Å². The SMILES string of the molecule is Cc1ccccc1C(C)(C)c1cc2c3cc4c(cc3n(C)c2cc1C)C(C)(C)c1ccccc1N4c1ccccc1. The summed E-state index contributed by atoms with van der Waals surface area (Å²) in [6, 6.07) is 38.3. The molecule has 0 N–H and O–H groups in total. The fourth-order valence-corrected chi connectivity index (χ4v) is 7.49. The number of fused-ring (bicyclic) bond motifs is 5. The van der Waals surface area contributed by atoms with Gasteiger partial charge in [-0.3, -0.25) is 0 Å². The lowest BCUT2D eigenvalue weighted by Gasteiger charge is -2.42. The molecule has 2 heterocycles. The second kappa shape index (κ2) is 8.85. The molecule has 0 amide bonds. The lowest BCUT2D eigenvalue weighted by molar-refractivity contribution is 0.632. The summed E-state index contributed by atoms with van der Waals surface area (Å²) in [5.74, 6) is 0. The molecule has 0 bridgehead atoms. The third-order valence-electron chi connectivity index (χ3n) is 9.71. The average Bonchev–Trinajstić information content (AvgIpc) is 3.22. The number of rotatable bonds is 3. The van der Waals surface area contributed by atoms with Gasteiger partial charge < -0.3 is 9.47 Å². The van der Waals surface area contributed by atoms with Crippen molar-refractivity contribution in [1.29, 1.82) is 0 Å². The first-order valence-corrected chi connectivity index (χ1v) is 14.7. The maximum absolute atomic E-state index is 2.47. The highest BCUT2D eigenvalue weighted by atomic mass is 15.2. The predicted molar refractivity (Wildman–Crippen MR) is 175 cm³/mol. The Labute approximate surface area is 243 Å². The minimum Gasteiger partial charge on any atom is -0.344 e. The van der Waals surface area contributed by atoms with Crippen molar-refractivity contribution in [2.24, 2.45) is 7.05 Å². The molecular weight excluding hydrogens is 496 g/mol. The molecule has 5 aromatic carbocycles. The monoisotopic (exact) mass is 534 g/mol. The van der Waals surface area contributed by atoms with E-state index in [0.717, 1.165) is 0 Å². The number of anilines is 3. The van der Waals surface area contributed by atoms with E-state index in [-0.39, 0.29) is 10.8 Å². The molecule has 41 heavy (non-hydrogen) atoms. The van der Waals surface area contributed by atoms with E-state index in [2.05, 4.69) is 161 Å². The highest BCUT2D eigenvalue weighted by Gasteiger charge is 2.37. The van der Waals surface area contributed by atoms with Crippen LogP contribution in [0.15, 0.2) is 103 Å². The summed E-state index contributed by atoms with van der Waals surface area (Å²) in [6.45, 7) is 14.0. The van der Waals surface area contributed by atoms with E-state index < -0.39 is 0 Å². The topological polar surface area (TPSA) is 8.17 Å². The van der Waals surface area contributed by atoms with Gasteiger partial charge >= 0.3 is 0 Å². The van der Waals surface area contributed by atoms with E-state index in [9.17, 15) is 0 Å². The van der Waals surface area contributed by atoms with E-state index >= 15 is 0 Å². The Morgan fingerprint density at radius 1 is 0.585 bits per heavy atom. The molecule has 0 saturated carbocycles. The van der Waals surface area contributed by atoms with Gasteiger partial charge in [-0.25, -0.2) is 0 Å². The number of aromatic nitrogens is 1. The summed E-state index contributed by atoms with van der Waals surface area (Å²) in [7, 11) is 2.22. The minimum absolute atomic E-state index is 0.114. The smallest absolute Gasteiger partial charge is 0.0510 e. The van der Waals surface area contributed by atoms with Gasteiger partial charge in [0.05, 0.1) is 11.4 Å². The molecule has 0 unspecified atom stereocenters. The van der Waals surface area contributed by atoms with E-state index in [1.807, 2.05) is 0 Å². The predicted octanol–water partition coefficient (Wildman–Crippen LogP) is 10.4. The Hall–Kier alpha value is -4.30. The van der Waals surface area contributed by atoms with Crippen LogP contribution < -0.4 is 4.90 Å². The quantitative estimate of drug-likeness (QED) is 0.219. The Bertz CT molecular complexity index is 1970. The molecule has 0 atom stereocenters. The van der Waals surface area contributed by atoms with Gasteiger partial charge in [0.15, 0.2) is 0 Å². The number of hydrogen-bond donors (Lipinski definition) is 0. The third kappa shape index (κ3) is 3.63. The number of para-hydroxylation sites is 2. The highest BCUT2D eigenvalue weighted by molar-refractivity contribution is 6.11. The van der Waals surface area contributed by atoms with Crippen LogP contribution in [0.4, 0.5) is 17.1 Å². The summed E-state index contributed by atoms with van der Waals surface area (Å²) < 4.78 is 2.39. The van der Waals surface area contributed by atoms with Gasteiger partial charge in [-0.15, -0.1) is 0 Å². The molecular formula is C39H38N2. The van der Waals surface area contributed by atoms with Crippen LogP contribution in [0, 0.1) is 13.8 Å². The van der Waals surface area contributed by atoms with E-state index in [4.69, 9.17) is 0 Å². The van der Waals surface area contributed by atoms with Crippen LogP contribution in [-0.4, -0.2) is 4.57 Å². The molecule has 6 aromatic rings. The summed E-state index contributed by atoms with van der Waals surface area (Å²) in [5.41, 5.74) is 14.2. The lowest BCUT2D eigenvalue weighted by atomic mass is 9.73. The van der Waals surface area contributed by atoms with Crippen LogP contribution in [0.1, 0.15) is 61.1 Å². The second-order valence-electron chi connectivity index (χ2n) is 12.9. The molecule has 7 rings (SSSR count). The molecule has 0 spiro atoms. The largest absolute Gasteiger partial charge is 0.344 e. The molecule has 1 aliphatic heterocycles. The standard InChI is InChI=1S/C39H38N2/c1-25-15-11-12-18-30(25)38(3,4)32-22-28-29-23-37-33(24-36(29)40(7)35(28)21-26(32)2)39(5,6)31-19-13-14-20-34(31)41(37)27-16-9-8-10-17-27/h8-24H,1-7H3. The lowest BCUT2D eigenvalue weighted by Crippen LogP contribution is -2.30. The highest BCUT2D eigenvalue weighted by Crippen LogP contribution is 2.53. The first-order chi connectivity index (χ1) is 19.6. The van der Waals surface area contributed by atoms with Gasteiger partial charge in [0, 0.05) is 45.4 Å². The van der Waals surface area contributed by atoms with Crippen molar-refractivity contribution in [3.05, 3.63) is 137 Å². The van der Waals surface area contributed by atoms with E-state index in [1.54, 1.807) is 0 Å². The van der Waals surface area contributed by atoms with Gasteiger partial charge in [0.25, 0.3) is 0 Å². The molecule has 2 heteroatoms. The van der Waals surface area contributed by atoms with Crippen molar-refractivity contribution >= 4 is 38.9 Å². The van der Waals surface area contributed by atoms with Crippen molar-refractivity contribution in [1.82, 2.24) is 4.57 Å². The molecule has 1 aromatic heterocycles. The van der Waals surface area contributed by atoms with E-state index in [1.165, 1.54) is 72.2 Å². The van der Waals surface area contributed by atoms with Crippen LogP contribution in [0.5, 0.6) is 0 Å². The third-order valence-corrected chi connectivity index (χ3v) is 9.71. The maximum atomic E-state index is 2.47. The van der Waals surface area contributed by atoms with Gasteiger partial charge in [0.2, 0.25) is 0 Å². The summed E-state index contributed by atoms with van der Waals surface area (Å²) in [6.07, 6.45) is 0. The number of aryl methyl sites for hydroxylation is 3. The molecule has 1 aliphatic rings. The molecule has 0 saturated heterocycles. The zero-order valence-corrected chi connectivity index (χ0v) is 25.2. The molecule has 0 fully saturated rings. The first-order valence-electron chi connectivity index (χ1n) is 14.7. The average molecular weight is 535 g/mol. The van der Waals surface area contributed by atoms with Crippen LogP contribution in [0.2, 0.25) is 0 Å². The van der Waals surface area contributed by atoms with Gasteiger partial charge in [0.1, 0.15) is 0 Å². The van der Waals surface area contributed by atoms with Crippen LogP contribution in [0.3, 0.4) is 0 Å². The fourth-order valence-electron chi connectivity index (χ4n) is 7.49. The second-order valence-corrected chi connectivity index (χ2v) is 12.9. The first kappa shape index (κ1) is 25.7. The zero-order valence-electron chi connectivity index (χ0n) is 25.2. The summed E-state index contributed by atoms with van der Waals surface area (Å²) in [5, 5.41) is 2.62. The molecule has 0 aliphatic carbocycles. The maximum Gasteiger partial charge on any atom is 0.0510 e. The Balaban J connectivity index is 1.54. The Kier molecular flexibility index (Phi) is 5.54. The molecule has 2 nitrogen and oxygen atoms in total. The molecule has 204 valence electrons. The van der Waals surface area contributed by atoms with Crippen LogP contribution in [0.25, 0.3) is 21.8 Å². The van der Waals surface area contributed by atoms with Gasteiger partial charge in [-0.1, -0.05) is 88.4 Å². The van der Waals surface area contributed by atoms with Crippen LogP contribution >= 0.6 is 0 Å². The van der Waals surface area contributed by atoms with Gasteiger partial charge in [-0.05, 0) is 89.7 Å². The summed E-state index contributed by atoms with van der Waals surface area (Å²) >= 11 is 0. The van der Waals surface area contributed by atoms with Crippen molar-refractivity contribution in [3.63, 3.8) is 0 Å². The fraction of sp³-hybridized carbons (Fsp3) is 0.231. The van der Waals surface area contributed by atoms with Crippen molar-refractivity contribution in [3.8, 4) is 0 Å². The number of nitrogens with zero attached hydrogens (tertiary/aromatic N) is 2.